The highest BCUT2D eigenvalue weighted by atomic mass is 16.5. The lowest BCUT2D eigenvalue weighted by Crippen LogP contribution is -2.43. The van der Waals surface area contributed by atoms with Gasteiger partial charge in [0, 0.05) is 23.8 Å². The van der Waals surface area contributed by atoms with Gasteiger partial charge >= 0.3 is 0 Å². The maximum atomic E-state index is 13.4. The van der Waals surface area contributed by atoms with Crippen molar-refractivity contribution in [3.05, 3.63) is 78.2 Å². The van der Waals surface area contributed by atoms with Gasteiger partial charge in [0.25, 0.3) is 0 Å². The van der Waals surface area contributed by atoms with E-state index in [1.807, 2.05) is 30.3 Å². The molecule has 1 amide bonds. The molecule has 5 rings (SSSR count). The molecule has 4 aromatic rings. The van der Waals surface area contributed by atoms with Gasteiger partial charge in [0.15, 0.2) is 5.78 Å². The fourth-order valence-corrected chi connectivity index (χ4v) is 4.60. The number of nitrogens with zero attached hydrogens (tertiary/aromatic N) is 2. The van der Waals surface area contributed by atoms with Crippen LogP contribution in [0.4, 0.5) is 5.82 Å². The van der Waals surface area contributed by atoms with Crippen LogP contribution in [0, 0.1) is 0 Å². The molecule has 1 fully saturated rings. The van der Waals surface area contributed by atoms with Crippen molar-refractivity contribution in [2.45, 2.75) is 50.8 Å². The van der Waals surface area contributed by atoms with Crippen molar-refractivity contribution in [1.29, 1.82) is 0 Å². The second kappa shape index (κ2) is 10.8. The minimum absolute atomic E-state index is 0.0452. The molecule has 0 spiro atoms. The molecule has 9 nitrogen and oxygen atoms in total. The lowest BCUT2D eigenvalue weighted by molar-refractivity contribution is -0.129. The van der Waals surface area contributed by atoms with Gasteiger partial charge in [-0.05, 0) is 69.0 Å². The highest BCUT2D eigenvalue weighted by molar-refractivity contribution is 6.18. The normalized spacial score (nSPS) is 18.2. The Balaban J connectivity index is 1.29. The maximum absolute atomic E-state index is 13.4. The number of hydrogen-bond donors (Lipinski definition) is 4. The minimum Gasteiger partial charge on any atom is -0.457 e. The van der Waals surface area contributed by atoms with Crippen LogP contribution in [0.25, 0.3) is 11.0 Å². The van der Waals surface area contributed by atoms with E-state index in [1.165, 1.54) is 13.3 Å². The van der Waals surface area contributed by atoms with Gasteiger partial charge in [-0.3, -0.25) is 9.59 Å². The number of carbonyl (C=O) groups excluding carboxylic acids is 2. The quantitative estimate of drug-likeness (QED) is 0.267. The van der Waals surface area contributed by atoms with Gasteiger partial charge in [0.1, 0.15) is 35.4 Å². The zero-order valence-corrected chi connectivity index (χ0v) is 20.5. The highest BCUT2D eigenvalue weighted by Crippen LogP contribution is 2.29. The Hall–Kier alpha value is -4.24. The second-order valence-corrected chi connectivity index (χ2v) is 9.29. The third-order valence-electron chi connectivity index (χ3n) is 6.60. The van der Waals surface area contributed by atoms with Gasteiger partial charge in [0.2, 0.25) is 5.91 Å². The van der Waals surface area contributed by atoms with Crippen LogP contribution in [-0.2, 0) is 4.79 Å². The number of aromatic nitrogens is 3. The summed E-state index contributed by atoms with van der Waals surface area (Å²) in [6.07, 6.45) is 5.37. The summed E-state index contributed by atoms with van der Waals surface area (Å²) in [5.74, 6) is 1.50. The molecule has 4 N–H and O–H groups in total. The zero-order chi connectivity index (χ0) is 25.8. The third-order valence-corrected chi connectivity index (χ3v) is 6.60. The lowest BCUT2D eigenvalue weighted by atomic mass is 9.91. The van der Waals surface area contributed by atoms with Crippen molar-refractivity contribution in [3.63, 3.8) is 0 Å². The molecule has 0 radical (unpaired) electrons. The number of ketones is 1. The Morgan fingerprint density at radius 1 is 0.973 bits per heavy atom. The lowest BCUT2D eigenvalue weighted by Gasteiger charge is -2.30. The molecule has 1 aliphatic carbocycles. The van der Waals surface area contributed by atoms with Crippen LogP contribution in [0.15, 0.2) is 67.1 Å². The zero-order valence-electron chi connectivity index (χ0n) is 20.5. The first-order chi connectivity index (χ1) is 18.0. The van der Waals surface area contributed by atoms with E-state index in [0.717, 1.165) is 31.4 Å². The summed E-state index contributed by atoms with van der Waals surface area (Å²) in [7, 11) is 0. The standard InChI is InChI=1S/C28H29N5O4/c1-17(34)28(36)33-20-11-9-19(10-12-20)32-27-24-23(15-29-26(24)30-16-31-27)25(35)18-7-13-22(14-8-18)37-21-5-3-2-4-6-21/h2-8,13-17,19-20,34H,9-12H2,1H3,(H,33,36)(H2,29,30,31,32)/t17-,19-,20+/m1/s1. The Labute approximate surface area is 214 Å². The molecule has 0 bridgehead atoms. The van der Waals surface area contributed by atoms with Gasteiger partial charge in [-0.15, -0.1) is 0 Å². The predicted octanol–water partition coefficient (Wildman–Crippen LogP) is 4.20. The smallest absolute Gasteiger partial charge is 0.248 e. The predicted molar refractivity (Wildman–Crippen MR) is 140 cm³/mol. The third kappa shape index (κ3) is 5.62. The number of nitrogens with one attached hydrogen (secondary N) is 3. The number of anilines is 1. The van der Waals surface area contributed by atoms with E-state index in [2.05, 4.69) is 25.6 Å². The molecule has 2 heterocycles. The van der Waals surface area contributed by atoms with Crippen molar-refractivity contribution in [1.82, 2.24) is 20.3 Å². The number of rotatable bonds is 8. The maximum Gasteiger partial charge on any atom is 0.248 e. The molecule has 0 aliphatic heterocycles. The van der Waals surface area contributed by atoms with Crippen molar-refractivity contribution in [2.24, 2.45) is 0 Å². The Bertz CT molecular complexity index is 1380. The first-order valence-electron chi connectivity index (χ1n) is 12.4. The number of aromatic amines is 1. The molecular formula is C28H29N5O4. The van der Waals surface area contributed by atoms with Crippen LogP contribution in [0.1, 0.15) is 48.5 Å². The van der Waals surface area contributed by atoms with Crippen molar-refractivity contribution < 1.29 is 19.4 Å². The van der Waals surface area contributed by atoms with E-state index in [4.69, 9.17) is 4.74 Å². The van der Waals surface area contributed by atoms with Crippen molar-refractivity contribution in [3.8, 4) is 11.5 Å². The number of benzene rings is 2. The van der Waals surface area contributed by atoms with Crippen molar-refractivity contribution >= 4 is 28.5 Å². The van der Waals surface area contributed by atoms with Gasteiger partial charge in [-0.25, -0.2) is 9.97 Å². The Kier molecular flexibility index (Phi) is 7.14. The fraction of sp³-hybridized carbons (Fsp3) is 0.286. The molecule has 190 valence electrons. The highest BCUT2D eigenvalue weighted by Gasteiger charge is 2.25. The molecule has 37 heavy (non-hydrogen) atoms. The molecule has 1 saturated carbocycles. The second-order valence-electron chi connectivity index (χ2n) is 9.29. The largest absolute Gasteiger partial charge is 0.457 e. The summed E-state index contributed by atoms with van der Waals surface area (Å²) in [5.41, 5.74) is 1.61. The molecule has 2 aromatic heterocycles. The average Bonchev–Trinajstić information content (AvgIpc) is 3.36. The monoisotopic (exact) mass is 499 g/mol. The molecule has 9 heteroatoms. The summed E-state index contributed by atoms with van der Waals surface area (Å²) in [6, 6.07) is 16.7. The molecule has 2 aromatic carbocycles. The topological polar surface area (TPSA) is 129 Å². The van der Waals surface area contributed by atoms with Gasteiger partial charge < -0.3 is 25.5 Å². The van der Waals surface area contributed by atoms with Crippen LogP contribution < -0.4 is 15.4 Å². The van der Waals surface area contributed by atoms with E-state index >= 15 is 0 Å². The molecule has 0 saturated heterocycles. The van der Waals surface area contributed by atoms with Crippen LogP contribution in [0.5, 0.6) is 11.5 Å². The van der Waals surface area contributed by atoms with E-state index in [0.29, 0.717) is 33.7 Å². The van der Waals surface area contributed by atoms with Crippen LogP contribution in [-0.4, -0.2) is 49.9 Å². The van der Waals surface area contributed by atoms with Crippen molar-refractivity contribution in [2.75, 3.05) is 5.32 Å². The number of carbonyl (C=O) groups is 2. The van der Waals surface area contributed by atoms with Crippen LogP contribution >= 0.6 is 0 Å². The molecule has 0 unspecified atom stereocenters. The van der Waals surface area contributed by atoms with E-state index in [-0.39, 0.29) is 23.8 Å². The first kappa shape index (κ1) is 24.5. The van der Waals surface area contributed by atoms with E-state index in [1.54, 1.807) is 30.5 Å². The summed E-state index contributed by atoms with van der Waals surface area (Å²) in [6.45, 7) is 1.46. The Morgan fingerprint density at radius 2 is 1.65 bits per heavy atom. The number of H-pyrrole nitrogens is 1. The fourth-order valence-electron chi connectivity index (χ4n) is 4.60. The summed E-state index contributed by atoms with van der Waals surface area (Å²) in [4.78, 5) is 37.1. The summed E-state index contributed by atoms with van der Waals surface area (Å²) < 4.78 is 5.83. The minimum atomic E-state index is -1.01. The molecule has 1 atom stereocenters. The number of hydrogen-bond acceptors (Lipinski definition) is 7. The number of ether oxygens (including phenoxy) is 1. The van der Waals surface area contributed by atoms with Gasteiger partial charge in [-0.2, -0.15) is 0 Å². The number of amides is 1. The molecule has 1 aliphatic rings. The SMILES string of the molecule is C[C@@H](O)C(=O)N[C@H]1CC[C@@H](Nc2ncnc3[nH]cc(C(=O)c4ccc(Oc5ccccc5)cc4)c23)CC1. The average molecular weight is 500 g/mol. The number of fused-ring (bicyclic) bond motifs is 1. The number of aliphatic hydroxyl groups excluding tert-OH is 1. The van der Waals surface area contributed by atoms with E-state index < -0.39 is 6.10 Å². The Morgan fingerprint density at radius 3 is 2.35 bits per heavy atom. The molecular weight excluding hydrogens is 470 g/mol. The van der Waals surface area contributed by atoms with Crippen LogP contribution in [0.3, 0.4) is 0 Å². The first-order valence-corrected chi connectivity index (χ1v) is 12.4. The van der Waals surface area contributed by atoms with Gasteiger partial charge in [0.05, 0.1) is 10.9 Å². The number of aliphatic hydroxyl groups is 1. The summed E-state index contributed by atoms with van der Waals surface area (Å²) >= 11 is 0. The van der Waals surface area contributed by atoms with E-state index in [9.17, 15) is 14.7 Å². The van der Waals surface area contributed by atoms with Crippen LogP contribution in [0.2, 0.25) is 0 Å². The van der Waals surface area contributed by atoms with Gasteiger partial charge in [-0.1, -0.05) is 18.2 Å². The summed E-state index contributed by atoms with van der Waals surface area (Å²) in [5, 5.41) is 16.5. The number of para-hydroxylation sites is 1.